The number of furan rings is 1. The van der Waals surface area contributed by atoms with E-state index in [1.165, 1.54) is 0 Å². The summed E-state index contributed by atoms with van der Waals surface area (Å²) in [7, 11) is 0. The fourth-order valence-electron chi connectivity index (χ4n) is 1.48. The molecular weight excluding hydrogens is 252 g/mol. The van der Waals surface area contributed by atoms with Gasteiger partial charge in [-0.3, -0.25) is 0 Å². The number of benzene rings is 1. The molecular formula is C13H13ClN2O2. The molecule has 4 nitrogen and oxygen atoms in total. The van der Waals surface area contributed by atoms with Crippen LogP contribution in [0.2, 0.25) is 5.02 Å². The zero-order valence-corrected chi connectivity index (χ0v) is 10.6. The van der Waals surface area contributed by atoms with Crippen LogP contribution in [0, 0.1) is 6.92 Å². The van der Waals surface area contributed by atoms with Gasteiger partial charge in [-0.15, -0.1) is 0 Å². The lowest BCUT2D eigenvalue weighted by atomic mass is 10.2. The Morgan fingerprint density at radius 1 is 1.39 bits per heavy atom. The van der Waals surface area contributed by atoms with E-state index in [4.69, 9.17) is 16.0 Å². The van der Waals surface area contributed by atoms with E-state index in [0.717, 1.165) is 11.1 Å². The van der Waals surface area contributed by atoms with Crippen molar-refractivity contribution in [2.45, 2.75) is 13.5 Å². The van der Waals surface area contributed by atoms with Crippen molar-refractivity contribution < 1.29 is 9.21 Å². The summed E-state index contributed by atoms with van der Waals surface area (Å²) in [5.41, 5.74) is 2.46. The average molecular weight is 265 g/mol. The molecule has 0 saturated heterocycles. The predicted octanol–water partition coefficient (Wildman–Crippen LogP) is 3.56. The van der Waals surface area contributed by atoms with Gasteiger partial charge in [0.05, 0.1) is 12.5 Å². The van der Waals surface area contributed by atoms with Crippen molar-refractivity contribution in [2.75, 3.05) is 5.32 Å². The minimum Gasteiger partial charge on any atom is -0.472 e. The molecule has 5 heteroatoms. The summed E-state index contributed by atoms with van der Waals surface area (Å²) in [4.78, 5) is 11.7. The van der Waals surface area contributed by atoms with Crippen molar-refractivity contribution in [3.05, 3.63) is 52.9 Å². The van der Waals surface area contributed by atoms with Crippen molar-refractivity contribution in [3.8, 4) is 0 Å². The van der Waals surface area contributed by atoms with Crippen molar-refractivity contribution in [1.82, 2.24) is 5.32 Å². The molecule has 0 radical (unpaired) electrons. The van der Waals surface area contributed by atoms with Gasteiger partial charge in [-0.1, -0.05) is 17.7 Å². The molecule has 0 atom stereocenters. The largest absolute Gasteiger partial charge is 0.472 e. The van der Waals surface area contributed by atoms with Gasteiger partial charge in [0.1, 0.15) is 0 Å². The molecule has 1 aromatic carbocycles. The van der Waals surface area contributed by atoms with Gasteiger partial charge < -0.3 is 15.1 Å². The number of hydrogen-bond donors (Lipinski definition) is 2. The molecule has 0 aliphatic carbocycles. The SMILES string of the molecule is Cc1c(Cl)cccc1NC(=O)NCc1ccoc1. The second kappa shape index (κ2) is 5.60. The smallest absolute Gasteiger partial charge is 0.319 e. The fourth-order valence-corrected chi connectivity index (χ4v) is 1.66. The van der Waals surface area contributed by atoms with E-state index in [-0.39, 0.29) is 6.03 Å². The quantitative estimate of drug-likeness (QED) is 0.891. The van der Waals surface area contributed by atoms with E-state index in [1.807, 2.05) is 6.92 Å². The summed E-state index contributed by atoms with van der Waals surface area (Å²) in [6.07, 6.45) is 3.15. The van der Waals surface area contributed by atoms with Gasteiger partial charge in [0.2, 0.25) is 0 Å². The molecule has 0 fully saturated rings. The summed E-state index contributed by atoms with van der Waals surface area (Å²) in [6, 6.07) is 6.90. The van der Waals surface area contributed by atoms with Crippen molar-refractivity contribution in [3.63, 3.8) is 0 Å². The van der Waals surface area contributed by atoms with Gasteiger partial charge in [0.25, 0.3) is 0 Å². The Hall–Kier alpha value is -1.94. The van der Waals surface area contributed by atoms with Crippen LogP contribution < -0.4 is 10.6 Å². The Balaban J connectivity index is 1.93. The Labute approximate surface area is 110 Å². The molecule has 94 valence electrons. The third kappa shape index (κ3) is 3.05. The molecule has 2 aromatic rings. The molecule has 1 aromatic heterocycles. The first-order valence-corrected chi connectivity index (χ1v) is 5.85. The first-order chi connectivity index (χ1) is 8.66. The molecule has 0 saturated carbocycles. The molecule has 18 heavy (non-hydrogen) atoms. The van der Waals surface area contributed by atoms with Crippen LogP contribution in [0.15, 0.2) is 41.2 Å². The maximum absolute atomic E-state index is 11.7. The summed E-state index contributed by atoms with van der Waals surface area (Å²) in [5.74, 6) is 0. The van der Waals surface area contributed by atoms with Crippen LogP contribution in [0.3, 0.4) is 0 Å². The summed E-state index contributed by atoms with van der Waals surface area (Å²) < 4.78 is 4.91. The molecule has 0 bridgehead atoms. The van der Waals surface area contributed by atoms with E-state index in [0.29, 0.717) is 17.3 Å². The number of amides is 2. The van der Waals surface area contributed by atoms with Crippen LogP contribution in [0.25, 0.3) is 0 Å². The molecule has 2 amide bonds. The number of rotatable bonds is 3. The number of anilines is 1. The predicted molar refractivity (Wildman–Crippen MR) is 70.8 cm³/mol. The van der Waals surface area contributed by atoms with Crippen molar-refractivity contribution in [1.29, 1.82) is 0 Å². The van der Waals surface area contributed by atoms with E-state index >= 15 is 0 Å². The molecule has 2 N–H and O–H groups in total. The lowest BCUT2D eigenvalue weighted by Crippen LogP contribution is -2.28. The highest BCUT2D eigenvalue weighted by Crippen LogP contribution is 2.22. The van der Waals surface area contributed by atoms with Gasteiger partial charge >= 0.3 is 6.03 Å². The monoisotopic (exact) mass is 264 g/mol. The third-order valence-electron chi connectivity index (χ3n) is 2.55. The summed E-state index contributed by atoms with van der Waals surface area (Å²) in [5, 5.41) is 6.10. The maximum Gasteiger partial charge on any atom is 0.319 e. The van der Waals surface area contributed by atoms with Crippen LogP contribution in [0.5, 0.6) is 0 Å². The highest BCUT2D eigenvalue weighted by molar-refractivity contribution is 6.31. The van der Waals surface area contributed by atoms with Crippen molar-refractivity contribution in [2.24, 2.45) is 0 Å². The molecule has 0 spiro atoms. The van der Waals surface area contributed by atoms with Crippen LogP contribution in [-0.2, 0) is 6.54 Å². The standard InChI is InChI=1S/C13H13ClN2O2/c1-9-11(14)3-2-4-12(9)16-13(17)15-7-10-5-6-18-8-10/h2-6,8H,7H2,1H3,(H2,15,16,17). The van der Waals surface area contributed by atoms with Crippen LogP contribution >= 0.6 is 11.6 Å². The minimum atomic E-state index is -0.276. The normalized spacial score (nSPS) is 10.1. The Bertz CT molecular complexity index is 538. The number of halogens is 1. The van der Waals surface area contributed by atoms with Gasteiger partial charge in [0.15, 0.2) is 0 Å². The molecule has 1 heterocycles. The van der Waals surface area contributed by atoms with E-state index < -0.39 is 0 Å². The number of urea groups is 1. The Kier molecular flexibility index (Phi) is 3.89. The minimum absolute atomic E-state index is 0.276. The first-order valence-electron chi connectivity index (χ1n) is 5.48. The lowest BCUT2D eigenvalue weighted by Gasteiger charge is -2.10. The molecule has 0 unspecified atom stereocenters. The van der Waals surface area contributed by atoms with Crippen LogP contribution in [0.4, 0.5) is 10.5 Å². The molecule has 0 aliphatic rings. The summed E-state index contributed by atoms with van der Waals surface area (Å²) >= 11 is 5.97. The second-order valence-electron chi connectivity index (χ2n) is 3.85. The zero-order valence-electron chi connectivity index (χ0n) is 9.87. The van der Waals surface area contributed by atoms with Crippen LogP contribution in [0.1, 0.15) is 11.1 Å². The number of carbonyl (C=O) groups is 1. The third-order valence-corrected chi connectivity index (χ3v) is 2.96. The second-order valence-corrected chi connectivity index (χ2v) is 4.26. The number of nitrogens with one attached hydrogen (secondary N) is 2. The van der Waals surface area contributed by atoms with Gasteiger partial charge in [0, 0.05) is 22.8 Å². The van der Waals surface area contributed by atoms with Crippen LogP contribution in [-0.4, -0.2) is 6.03 Å². The Morgan fingerprint density at radius 2 is 2.22 bits per heavy atom. The number of hydrogen-bond acceptors (Lipinski definition) is 2. The van der Waals surface area contributed by atoms with E-state index in [9.17, 15) is 4.79 Å². The first kappa shape index (κ1) is 12.5. The van der Waals surface area contributed by atoms with Gasteiger partial charge in [-0.25, -0.2) is 4.79 Å². The van der Waals surface area contributed by atoms with E-state index in [2.05, 4.69) is 10.6 Å². The Morgan fingerprint density at radius 3 is 2.94 bits per heavy atom. The molecule has 2 rings (SSSR count). The van der Waals surface area contributed by atoms with E-state index in [1.54, 1.807) is 36.8 Å². The van der Waals surface area contributed by atoms with Crippen molar-refractivity contribution >= 4 is 23.3 Å². The zero-order chi connectivity index (χ0) is 13.0. The maximum atomic E-state index is 11.7. The lowest BCUT2D eigenvalue weighted by molar-refractivity contribution is 0.251. The summed E-state index contributed by atoms with van der Waals surface area (Å²) in [6.45, 7) is 2.27. The fraction of sp³-hybridized carbons (Fsp3) is 0.154. The van der Waals surface area contributed by atoms with Gasteiger partial charge in [-0.05, 0) is 30.7 Å². The highest BCUT2D eigenvalue weighted by Gasteiger charge is 2.06. The molecule has 0 aliphatic heterocycles. The highest BCUT2D eigenvalue weighted by atomic mass is 35.5. The van der Waals surface area contributed by atoms with Gasteiger partial charge in [-0.2, -0.15) is 0 Å². The topological polar surface area (TPSA) is 54.3 Å². The average Bonchev–Trinajstić information content (AvgIpc) is 2.86. The number of carbonyl (C=O) groups excluding carboxylic acids is 1.